The van der Waals surface area contributed by atoms with E-state index in [-0.39, 0.29) is 5.41 Å². The van der Waals surface area contributed by atoms with Crippen LogP contribution in [0.25, 0.3) is 0 Å². The van der Waals surface area contributed by atoms with Crippen LogP contribution >= 0.6 is 7.75 Å². The quantitative estimate of drug-likeness (QED) is 0.645. The molecule has 0 aromatic heterocycles. The zero-order valence-electron chi connectivity index (χ0n) is 7.42. The Morgan fingerprint density at radius 3 is 2.27 bits per heavy atom. The van der Waals surface area contributed by atoms with Crippen LogP contribution in [0.4, 0.5) is 0 Å². The Balaban J connectivity index is 3.80. The van der Waals surface area contributed by atoms with Crippen molar-refractivity contribution >= 4 is 7.75 Å². The maximum Gasteiger partial charge on any atom is 0.402 e. The van der Waals surface area contributed by atoms with Gasteiger partial charge in [0.2, 0.25) is 0 Å². The molecule has 0 radical (unpaired) electrons. The van der Waals surface area contributed by atoms with Gasteiger partial charge in [-0.2, -0.15) is 0 Å². The van der Waals surface area contributed by atoms with Crippen LogP contribution < -0.4 is 5.09 Å². The van der Waals surface area contributed by atoms with E-state index in [1.165, 1.54) is 7.11 Å². The minimum Gasteiger partial charge on any atom is -0.312 e. The average molecular weight is 181 g/mol. The molecule has 0 heterocycles. The summed E-state index contributed by atoms with van der Waals surface area (Å²) < 4.78 is 15.2. The van der Waals surface area contributed by atoms with Crippen LogP contribution in [0.5, 0.6) is 0 Å². The van der Waals surface area contributed by atoms with Gasteiger partial charge in [-0.05, 0) is 5.41 Å². The summed E-state index contributed by atoms with van der Waals surface area (Å²) in [5.41, 5.74) is -0.0169. The van der Waals surface area contributed by atoms with Crippen molar-refractivity contribution in [2.45, 2.75) is 20.8 Å². The molecule has 0 fully saturated rings. The van der Waals surface area contributed by atoms with Gasteiger partial charge in [0.25, 0.3) is 0 Å². The fraction of sp³-hybridized carbons (Fsp3) is 1.00. The maximum atomic E-state index is 10.9. The highest BCUT2D eigenvalue weighted by Gasteiger charge is 2.20. The maximum absolute atomic E-state index is 10.9. The number of nitrogens with one attached hydrogen (secondary N) is 1. The normalized spacial score (nSPS) is 17.9. The van der Waals surface area contributed by atoms with Gasteiger partial charge in [0, 0.05) is 13.7 Å². The van der Waals surface area contributed by atoms with E-state index in [1.54, 1.807) is 0 Å². The van der Waals surface area contributed by atoms with E-state index >= 15 is 0 Å². The molecule has 0 saturated heterocycles. The zero-order chi connectivity index (χ0) is 9.12. The van der Waals surface area contributed by atoms with E-state index in [4.69, 9.17) is 4.89 Å². The molecule has 1 atom stereocenters. The Kier molecular flexibility index (Phi) is 3.71. The largest absolute Gasteiger partial charge is 0.402 e. The van der Waals surface area contributed by atoms with Crippen LogP contribution in [0.3, 0.4) is 0 Å². The van der Waals surface area contributed by atoms with Crippen LogP contribution in [0.2, 0.25) is 0 Å². The summed E-state index contributed by atoms with van der Waals surface area (Å²) in [6.45, 7) is 6.36. The Labute approximate surface area is 67.5 Å². The van der Waals surface area contributed by atoms with E-state index in [0.717, 1.165) is 0 Å². The van der Waals surface area contributed by atoms with Crippen molar-refractivity contribution in [3.8, 4) is 0 Å². The van der Waals surface area contributed by atoms with Gasteiger partial charge >= 0.3 is 7.75 Å². The number of rotatable bonds is 3. The summed E-state index contributed by atoms with van der Waals surface area (Å²) in [5.74, 6) is 0. The topological polar surface area (TPSA) is 58.6 Å². The van der Waals surface area contributed by atoms with E-state index < -0.39 is 7.75 Å². The first-order valence-corrected chi connectivity index (χ1v) is 4.98. The Morgan fingerprint density at radius 2 is 2.00 bits per heavy atom. The van der Waals surface area contributed by atoms with Crippen molar-refractivity contribution in [2.24, 2.45) is 5.41 Å². The second-order valence-corrected chi connectivity index (χ2v) is 5.32. The van der Waals surface area contributed by atoms with E-state index in [1.807, 2.05) is 20.8 Å². The third kappa shape index (κ3) is 6.51. The van der Waals surface area contributed by atoms with Crippen LogP contribution in [-0.4, -0.2) is 18.5 Å². The number of hydrogen-bond donors (Lipinski definition) is 2. The summed E-state index contributed by atoms with van der Waals surface area (Å²) in [4.78, 5) is 8.91. The van der Waals surface area contributed by atoms with Crippen LogP contribution in [-0.2, 0) is 9.09 Å². The first kappa shape index (κ1) is 11.1. The first-order chi connectivity index (χ1) is 4.77. The van der Waals surface area contributed by atoms with Gasteiger partial charge in [0.05, 0.1) is 0 Å². The van der Waals surface area contributed by atoms with Gasteiger partial charge in [-0.25, -0.2) is 9.65 Å². The predicted octanol–water partition coefficient (Wildman–Crippen LogP) is 1.37. The van der Waals surface area contributed by atoms with Crippen molar-refractivity contribution in [3.05, 3.63) is 0 Å². The fourth-order valence-corrected chi connectivity index (χ4v) is 1.20. The summed E-state index contributed by atoms with van der Waals surface area (Å²) >= 11 is 0. The molecule has 0 aromatic carbocycles. The molecule has 0 bridgehead atoms. The highest BCUT2D eigenvalue weighted by atomic mass is 31.2. The minimum absolute atomic E-state index is 0.0169. The van der Waals surface area contributed by atoms with Gasteiger partial charge in [-0.1, -0.05) is 20.8 Å². The smallest absolute Gasteiger partial charge is 0.312 e. The number of hydrogen-bond acceptors (Lipinski definition) is 2. The standard InChI is InChI=1S/C6H16NO3P/c1-6(2,3)5-7-11(8,9)10-4/h5H2,1-4H3,(H2,7,8,9). The van der Waals surface area contributed by atoms with Gasteiger partial charge < -0.3 is 9.42 Å². The van der Waals surface area contributed by atoms with E-state index in [0.29, 0.717) is 6.54 Å². The van der Waals surface area contributed by atoms with Crippen molar-refractivity contribution in [3.63, 3.8) is 0 Å². The molecule has 0 aliphatic heterocycles. The predicted molar refractivity (Wildman–Crippen MR) is 44.3 cm³/mol. The second-order valence-electron chi connectivity index (χ2n) is 3.60. The average Bonchev–Trinajstić information content (AvgIpc) is 1.83. The second kappa shape index (κ2) is 3.68. The third-order valence-corrected chi connectivity index (χ3v) is 2.11. The lowest BCUT2D eigenvalue weighted by molar-refractivity contribution is 0.289. The molecule has 0 rings (SSSR count). The molecule has 0 saturated carbocycles. The molecule has 68 valence electrons. The molecule has 0 aliphatic carbocycles. The van der Waals surface area contributed by atoms with Crippen LogP contribution in [0.15, 0.2) is 0 Å². The van der Waals surface area contributed by atoms with Gasteiger partial charge in [-0.15, -0.1) is 0 Å². The molecule has 1 unspecified atom stereocenters. The van der Waals surface area contributed by atoms with Crippen LogP contribution in [0, 0.1) is 5.41 Å². The SMILES string of the molecule is COP(=O)(O)NCC(C)(C)C. The molecule has 0 aromatic rings. The van der Waals surface area contributed by atoms with Crippen molar-refractivity contribution in [2.75, 3.05) is 13.7 Å². The van der Waals surface area contributed by atoms with E-state index in [9.17, 15) is 4.57 Å². The van der Waals surface area contributed by atoms with Gasteiger partial charge in [0.15, 0.2) is 0 Å². The first-order valence-electron chi connectivity index (χ1n) is 3.40. The lowest BCUT2D eigenvalue weighted by Crippen LogP contribution is -2.24. The molecule has 0 amide bonds. The van der Waals surface area contributed by atoms with Crippen molar-refractivity contribution < 1.29 is 14.0 Å². The molecule has 5 heteroatoms. The Morgan fingerprint density at radius 1 is 1.55 bits per heavy atom. The fourth-order valence-electron chi connectivity index (χ4n) is 0.402. The molecule has 0 aliphatic rings. The van der Waals surface area contributed by atoms with E-state index in [2.05, 4.69) is 9.61 Å². The molecule has 4 nitrogen and oxygen atoms in total. The van der Waals surface area contributed by atoms with Crippen LogP contribution in [0.1, 0.15) is 20.8 Å². The van der Waals surface area contributed by atoms with Crippen molar-refractivity contribution in [1.82, 2.24) is 5.09 Å². The summed E-state index contributed by atoms with van der Waals surface area (Å²) in [6, 6.07) is 0. The summed E-state index contributed by atoms with van der Waals surface area (Å²) in [6.07, 6.45) is 0. The zero-order valence-corrected chi connectivity index (χ0v) is 8.31. The summed E-state index contributed by atoms with van der Waals surface area (Å²) in [5, 5.41) is 2.44. The third-order valence-electron chi connectivity index (χ3n) is 1.06. The molecular formula is C6H16NO3P. The molecule has 2 N–H and O–H groups in total. The molecular weight excluding hydrogens is 165 g/mol. The lowest BCUT2D eigenvalue weighted by atomic mass is 9.98. The minimum atomic E-state index is -3.52. The molecule has 11 heavy (non-hydrogen) atoms. The van der Waals surface area contributed by atoms with Gasteiger partial charge in [0.1, 0.15) is 0 Å². The summed E-state index contributed by atoms with van der Waals surface area (Å²) in [7, 11) is -2.32. The Bertz CT molecular complexity index is 164. The van der Waals surface area contributed by atoms with Crippen molar-refractivity contribution in [1.29, 1.82) is 0 Å². The monoisotopic (exact) mass is 181 g/mol. The molecule has 0 spiro atoms. The lowest BCUT2D eigenvalue weighted by Gasteiger charge is -2.20. The highest BCUT2D eigenvalue weighted by molar-refractivity contribution is 7.50. The highest BCUT2D eigenvalue weighted by Crippen LogP contribution is 2.35. The van der Waals surface area contributed by atoms with Gasteiger partial charge in [-0.3, -0.25) is 0 Å². The Hall–Kier alpha value is 0.110.